The number of ether oxygens (including phenoxy) is 2. The summed E-state index contributed by atoms with van der Waals surface area (Å²) < 4.78 is 11.5. The SMILES string of the molecule is CCOc1ccc(CC(=O)N2Cc3ccccc3OCC2CN(C)C)cc1. The first-order valence-corrected chi connectivity index (χ1v) is 9.43. The molecule has 0 spiro atoms. The van der Waals surface area contributed by atoms with E-state index in [-0.39, 0.29) is 11.9 Å². The normalized spacial score (nSPS) is 16.4. The molecule has 0 bridgehead atoms. The maximum atomic E-state index is 13.2. The molecule has 1 atom stereocenters. The van der Waals surface area contributed by atoms with Crippen LogP contribution in [-0.2, 0) is 17.8 Å². The average molecular weight is 368 g/mol. The van der Waals surface area contributed by atoms with Crippen molar-refractivity contribution >= 4 is 5.91 Å². The number of hydrogen-bond acceptors (Lipinski definition) is 4. The number of fused-ring (bicyclic) bond motifs is 1. The summed E-state index contributed by atoms with van der Waals surface area (Å²) >= 11 is 0. The second-order valence-corrected chi connectivity index (χ2v) is 7.11. The summed E-state index contributed by atoms with van der Waals surface area (Å²) in [6.45, 7) is 4.44. The van der Waals surface area contributed by atoms with Crippen molar-refractivity contribution in [2.45, 2.75) is 25.9 Å². The highest BCUT2D eigenvalue weighted by molar-refractivity contribution is 5.79. The van der Waals surface area contributed by atoms with Crippen molar-refractivity contribution in [1.29, 1.82) is 0 Å². The van der Waals surface area contributed by atoms with Gasteiger partial charge < -0.3 is 19.3 Å². The van der Waals surface area contributed by atoms with Crippen molar-refractivity contribution in [2.75, 3.05) is 33.9 Å². The van der Waals surface area contributed by atoms with Crippen LogP contribution in [0.2, 0.25) is 0 Å². The Hall–Kier alpha value is -2.53. The number of hydrogen-bond donors (Lipinski definition) is 0. The number of amides is 1. The van der Waals surface area contributed by atoms with E-state index in [9.17, 15) is 4.79 Å². The molecule has 1 aliphatic heterocycles. The van der Waals surface area contributed by atoms with Crippen LogP contribution in [-0.4, -0.2) is 55.6 Å². The largest absolute Gasteiger partial charge is 0.494 e. The second-order valence-electron chi connectivity index (χ2n) is 7.11. The summed E-state index contributed by atoms with van der Waals surface area (Å²) in [5.41, 5.74) is 2.05. The lowest BCUT2D eigenvalue weighted by Crippen LogP contribution is -2.47. The minimum absolute atomic E-state index is 0.0163. The molecule has 1 unspecified atom stereocenters. The summed E-state index contributed by atoms with van der Waals surface area (Å²) in [5, 5.41) is 0. The molecule has 3 rings (SSSR count). The quantitative estimate of drug-likeness (QED) is 0.786. The third kappa shape index (κ3) is 5.01. The number of likely N-dealkylation sites (N-methyl/N-ethyl adjacent to an activating group) is 1. The van der Waals surface area contributed by atoms with Crippen LogP contribution in [0, 0.1) is 0 Å². The molecule has 144 valence electrons. The van der Waals surface area contributed by atoms with Gasteiger partial charge in [0.15, 0.2) is 0 Å². The lowest BCUT2D eigenvalue weighted by atomic mass is 10.1. The van der Waals surface area contributed by atoms with E-state index in [1.165, 1.54) is 0 Å². The van der Waals surface area contributed by atoms with Crippen LogP contribution in [0.5, 0.6) is 11.5 Å². The lowest BCUT2D eigenvalue weighted by Gasteiger charge is -2.31. The van der Waals surface area contributed by atoms with E-state index >= 15 is 0 Å². The first-order chi connectivity index (χ1) is 13.1. The van der Waals surface area contributed by atoms with Crippen molar-refractivity contribution in [3.05, 3.63) is 59.7 Å². The summed E-state index contributed by atoms with van der Waals surface area (Å²) in [7, 11) is 4.04. The minimum Gasteiger partial charge on any atom is -0.494 e. The molecule has 2 aromatic rings. The van der Waals surface area contributed by atoms with Crippen LogP contribution in [0.25, 0.3) is 0 Å². The van der Waals surface area contributed by atoms with Crippen LogP contribution in [0.4, 0.5) is 0 Å². The van der Waals surface area contributed by atoms with Gasteiger partial charge in [0, 0.05) is 18.7 Å². The topological polar surface area (TPSA) is 42.0 Å². The molecule has 0 fully saturated rings. The molecule has 0 aliphatic carbocycles. The van der Waals surface area contributed by atoms with Gasteiger partial charge in [0.2, 0.25) is 5.91 Å². The Labute approximate surface area is 161 Å². The Bertz CT molecular complexity index is 758. The monoisotopic (exact) mass is 368 g/mol. The Morgan fingerprint density at radius 2 is 1.93 bits per heavy atom. The van der Waals surface area contributed by atoms with Crippen molar-refractivity contribution in [2.24, 2.45) is 0 Å². The zero-order valence-electron chi connectivity index (χ0n) is 16.4. The molecule has 0 saturated heterocycles. The summed E-state index contributed by atoms with van der Waals surface area (Å²) in [6.07, 6.45) is 0.374. The Morgan fingerprint density at radius 3 is 2.63 bits per heavy atom. The van der Waals surface area contributed by atoms with E-state index in [0.717, 1.165) is 29.2 Å². The maximum Gasteiger partial charge on any atom is 0.227 e. The van der Waals surface area contributed by atoms with Gasteiger partial charge in [-0.25, -0.2) is 0 Å². The molecule has 2 aromatic carbocycles. The van der Waals surface area contributed by atoms with E-state index in [4.69, 9.17) is 9.47 Å². The molecule has 0 aromatic heterocycles. The van der Waals surface area contributed by atoms with Gasteiger partial charge in [-0.3, -0.25) is 4.79 Å². The summed E-state index contributed by atoms with van der Waals surface area (Å²) in [6, 6.07) is 15.8. The van der Waals surface area contributed by atoms with Gasteiger partial charge >= 0.3 is 0 Å². The number of nitrogens with zero attached hydrogens (tertiary/aromatic N) is 2. The number of carbonyl (C=O) groups is 1. The van der Waals surface area contributed by atoms with Crippen LogP contribution < -0.4 is 9.47 Å². The van der Waals surface area contributed by atoms with Crippen LogP contribution in [0.15, 0.2) is 48.5 Å². The predicted octanol–water partition coefficient (Wildman–Crippen LogP) is 2.98. The van der Waals surface area contributed by atoms with Crippen LogP contribution in [0.3, 0.4) is 0 Å². The van der Waals surface area contributed by atoms with Crippen molar-refractivity contribution < 1.29 is 14.3 Å². The third-order valence-corrected chi connectivity index (χ3v) is 4.67. The fourth-order valence-electron chi connectivity index (χ4n) is 3.37. The number of carbonyl (C=O) groups excluding carboxylic acids is 1. The molecule has 5 nitrogen and oxygen atoms in total. The zero-order chi connectivity index (χ0) is 19.2. The second kappa shape index (κ2) is 8.91. The van der Waals surface area contributed by atoms with Gasteiger partial charge in [-0.1, -0.05) is 30.3 Å². The van der Waals surface area contributed by atoms with Crippen molar-refractivity contribution in [3.63, 3.8) is 0 Å². The smallest absolute Gasteiger partial charge is 0.227 e. The Kier molecular flexibility index (Phi) is 6.35. The standard InChI is InChI=1S/C22H28N2O3/c1-4-26-20-11-9-17(10-12-20)13-22(25)24-14-18-7-5-6-8-21(18)27-16-19(24)15-23(2)3/h5-12,19H,4,13-16H2,1-3H3. The van der Waals surface area contributed by atoms with Gasteiger partial charge in [0.05, 0.1) is 19.1 Å². The molecular weight excluding hydrogens is 340 g/mol. The van der Waals surface area contributed by atoms with E-state index in [2.05, 4.69) is 4.90 Å². The highest BCUT2D eigenvalue weighted by Gasteiger charge is 2.29. The molecular formula is C22H28N2O3. The minimum atomic E-state index is 0.0163. The molecule has 0 radical (unpaired) electrons. The van der Waals surface area contributed by atoms with Gasteiger partial charge in [0.25, 0.3) is 0 Å². The molecule has 0 saturated carbocycles. The zero-order valence-corrected chi connectivity index (χ0v) is 16.4. The molecule has 1 aliphatic rings. The van der Waals surface area contributed by atoms with E-state index in [1.54, 1.807) is 0 Å². The van der Waals surface area contributed by atoms with E-state index < -0.39 is 0 Å². The van der Waals surface area contributed by atoms with Crippen LogP contribution in [0.1, 0.15) is 18.1 Å². The fourth-order valence-corrected chi connectivity index (χ4v) is 3.37. The third-order valence-electron chi connectivity index (χ3n) is 4.67. The van der Waals surface area contributed by atoms with Gasteiger partial charge in [-0.15, -0.1) is 0 Å². The van der Waals surface area contributed by atoms with E-state index in [0.29, 0.717) is 26.2 Å². The highest BCUT2D eigenvalue weighted by atomic mass is 16.5. The Morgan fingerprint density at radius 1 is 1.19 bits per heavy atom. The average Bonchev–Trinajstić information content (AvgIpc) is 2.83. The molecule has 0 N–H and O–H groups in total. The highest BCUT2D eigenvalue weighted by Crippen LogP contribution is 2.25. The fraction of sp³-hybridized carbons (Fsp3) is 0.409. The van der Waals surface area contributed by atoms with Gasteiger partial charge in [-0.2, -0.15) is 0 Å². The lowest BCUT2D eigenvalue weighted by molar-refractivity contribution is -0.134. The molecule has 1 heterocycles. The maximum absolute atomic E-state index is 13.2. The van der Waals surface area contributed by atoms with Gasteiger partial charge in [0.1, 0.15) is 18.1 Å². The first kappa shape index (κ1) is 19.2. The van der Waals surface area contributed by atoms with Crippen molar-refractivity contribution in [3.8, 4) is 11.5 Å². The summed E-state index contributed by atoms with van der Waals surface area (Å²) in [4.78, 5) is 17.2. The first-order valence-electron chi connectivity index (χ1n) is 9.43. The molecule has 5 heteroatoms. The van der Waals surface area contributed by atoms with Gasteiger partial charge in [-0.05, 0) is 44.8 Å². The number of rotatable bonds is 6. The molecule has 27 heavy (non-hydrogen) atoms. The van der Waals surface area contributed by atoms with E-state index in [1.807, 2.05) is 74.4 Å². The summed E-state index contributed by atoms with van der Waals surface area (Å²) in [5.74, 6) is 1.82. The van der Waals surface area contributed by atoms with Crippen LogP contribution >= 0.6 is 0 Å². The Balaban J connectivity index is 1.77. The number of para-hydroxylation sites is 1. The number of benzene rings is 2. The van der Waals surface area contributed by atoms with Crippen molar-refractivity contribution in [1.82, 2.24) is 9.80 Å². The predicted molar refractivity (Wildman–Crippen MR) is 106 cm³/mol. The molecule has 1 amide bonds.